The van der Waals surface area contributed by atoms with Crippen LogP contribution in [0.4, 0.5) is 13.2 Å². The van der Waals surface area contributed by atoms with Gasteiger partial charge in [-0.2, -0.15) is 30.0 Å². The summed E-state index contributed by atoms with van der Waals surface area (Å²) in [5.74, 6) is 1.73. The highest BCUT2D eigenvalue weighted by Crippen LogP contribution is 2.31. The van der Waals surface area contributed by atoms with E-state index in [1.165, 1.54) is 10.7 Å². The molecule has 1 aromatic heterocycles. The smallest absolute Gasteiger partial charge is 0.394 e. The van der Waals surface area contributed by atoms with Crippen molar-refractivity contribution >= 4 is 11.8 Å². The van der Waals surface area contributed by atoms with Crippen LogP contribution in [0.2, 0.25) is 0 Å². The minimum absolute atomic E-state index is 0.155. The van der Waals surface area contributed by atoms with Gasteiger partial charge >= 0.3 is 6.18 Å². The lowest BCUT2D eigenvalue weighted by Gasteiger charge is -2.09. The highest BCUT2D eigenvalue weighted by atomic mass is 32.2. The largest absolute Gasteiger partial charge is 0.416 e. The van der Waals surface area contributed by atoms with E-state index in [0.29, 0.717) is 23.6 Å². The quantitative estimate of drug-likeness (QED) is 0.884. The third-order valence-electron chi connectivity index (χ3n) is 3.01. The normalized spacial score (nSPS) is 11.9. The molecule has 0 aliphatic rings. The summed E-state index contributed by atoms with van der Waals surface area (Å²) in [6, 6.07) is 4.98. The molecular weight excluding hydrogens is 315 g/mol. The van der Waals surface area contributed by atoms with Crippen molar-refractivity contribution in [2.45, 2.75) is 19.1 Å². The topological polar surface area (TPSA) is 50.9 Å². The molecule has 0 fully saturated rings. The average molecular weight is 331 g/mol. The molecule has 0 radical (unpaired) electrons. The minimum atomic E-state index is -4.40. The summed E-state index contributed by atoms with van der Waals surface area (Å²) >= 11 is 1.64. The zero-order valence-electron chi connectivity index (χ0n) is 12.0. The van der Waals surface area contributed by atoms with E-state index in [2.05, 4.69) is 10.1 Å². The summed E-state index contributed by atoms with van der Waals surface area (Å²) in [5.41, 5.74) is -0.389. The molecule has 2 aromatic rings. The van der Waals surface area contributed by atoms with Crippen LogP contribution in [0, 0.1) is 0 Å². The van der Waals surface area contributed by atoms with Crippen molar-refractivity contribution in [3.63, 3.8) is 0 Å². The maximum atomic E-state index is 12.8. The lowest BCUT2D eigenvalue weighted by Crippen LogP contribution is -2.08. The Morgan fingerprint density at radius 2 is 2.09 bits per heavy atom. The second kappa shape index (κ2) is 7.15. The van der Waals surface area contributed by atoms with Crippen LogP contribution in [0.25, 0.3) is 11.4 Å². The van der Waals surface area contributed by atoms with E-state index in [1.807, 2.05) is 6.26 Å². The number of alkyl halides is 3. The fourth-order valence-electron chi connectivity index (χ4n) is 1.99. The molecule has 1 heterocycles. The molecule has 0 unspecified atom stereocenters. The van der Waals surface area contributed by atoms with Crippen LogP contribution in [0.3, 0.4) is 0 Å². The third kappa shape index (κ3) is 4.01. The van der Waals surface area contributed by atoms with E-state index >= 15 is 0 Å². The Balaban J connectivity index is 2.39. The molecule has 0 spiro atoms. The Morgan fingerprint density at radius 3 is 2.73 bits per heavy atom. The Labute approximate surface area is 130 Å². The number of nitrogens with zero attached hydrogens (tertiary/aromatic N) is 3. The van der Waals surface area contributed by atoms with Crippen LogP contribution in [0.1, 0.15) is 11.4 Å². The first kappa shape index (κ1) is 16.8. The van der Waals surface area contributed by atoms with Crippen molar-refractivity contribution in [1.29, 1.82) is 0 Å². The number of aryl methyl sites for hydroxylation is 1. The van der Waals surface area contributed by atoms with Gasteiger partial charge in [-0.15, -0.1) is 0 Å². The molecule has 0 saturated heterocycles. The molecule has 22 heavy (non-hydrogen) atoms. The van der Waals surface area contributed by atoms with Gasteiger partial charge in [0.25, 0.3) is 0 Å². The Hall–Kier alpha value is -1.54. The Kier molecular flexibility index (Phi) is 5.47. The van der Waals surface area contributed by atoms with Crippen LogP contribution >= 0.6 is 11.8 Å². The van der Waals surface area contributed by atoms with E-state index in [9.17, 15) is 13.2 Å². The lowest BCUT2D eigenvalue weighted by atomic mass is 10.1. The number of halogens is 3. The van der Waals surface area contributed by atoms with Gasteiger partial charge in [0.1, 0.15) is 0 Å². The molecule has 8 heteroatoms. The molecule has 0 saturated carbocycles. The van der Waals surface area contributed by atoms with Crippen molar-refractivity contribution in [3.05, 3.63) is 35.7 Å². The van der Waals surface area contributed by atoms with Crippen LogP contribution in [0.5, 0.6) is 0 Å². The van der Waals surface area contributed by atoms with Gasteiger partial charge < -0.3 is 5.11 Å². The zero-order valence-corrected chi connectivity index (χ0v) is 12.8. The van der Waals surface area contributed by atoms with Gasteiger partial charge in [0, 0.05) is 17.7 Å². The molecule has 4 nitrogen and oxygen atoms in total. The number of aromatic nitrogens is 3. The summed E-state index contributed by atoms with van der Waals surface area (Å²) in [6.07, 6.45) is -1.82. The standard InChI is InChI=1S/C14H16F3N3OS/c1-22-8-5-12-18-13(20(19-12)6-7-21)10-3-2-4-11(9-10)14(15,16)17/h2-4,9,21H,5-8H2,1H3. The van der Waals surface area contributed by atoms with Crippen molar-refractivity contribution in [1.82, 2.24) is 14.8 Å². The summed E-state index contributed by atoms with van der Waals surface area (Å²) in [6.45, 7) is 0.0368. The number of rotatable bonds is 6. The molecule has 0 bridgehead atoms. The van der Waals surface area contributed by atoms with E-state index in [4.69, 9.17) is 5.11 Å². The lowest BCUT2D eigenvalue weighted by molar-refractivity contribution is -0.137. The molecule has 2 rings (SSSR count). The maximum Gasteiger partial charge on any atom is 0.416 e. The number of hydrogen-bond donors (Lipinski definition) is 1. The molecule has 1 N–H and O–H groups in total. The Morgan fingerprint density at radius 1 is 1.32 bits per heavy atom. The van der Waals surface area contributed by atoms with E-state index in [-0.39, 0.29) is 13.2 Å². The van der Waals surface area contributed by atoms with Gasteiger partial charge in [-0.3, -0.25) is 0 Å². The van der Waals surface area contributed by atoms with E-state index < -0.39 is 11.7 Å². The molecular formula is C14H16F3N3OS. The minimum Gasteiger partial charge on any atom is -0.394 e. The van der Waals surface area contributed by atoms with Crippen LogP contribution in [-0.2, 0) is 19.1 Å². The van der Waals surface area contributed by atoms with Gasteiger partial charge in [-0.1, -0.05) is 12.1 Å². The second-order valence-corrected chi connectivity index (χ2v) is 5.61. The van der Waals surface area contributed by atoms with Gasteiger partial charge in [-0.05, 0) is 18.4 Å². The summed E-state index contributed by atoms with van der Waals surface area (Å²) < 4.78 is 39.9. The number of thioether (sulfide) groups is 1. The van der Waals surface area contributed by atoms with E-state index in [1.54, 1.807) is 17.8 Å². The summed E-state index contributed by atoms with van der Waals surface area (Å²) in [5, 5.41) is 13.3. The summed E-state index contributed by atoms with van der Waals surface area (Å²) in [7, 11) is 0. The van der Waals surface area contributed by atoms with Crippen LogP contribution in [0.15, 0.2) is 24.3 Å². The predicted octanol–water partition coefficient (Wildman–Crippen LogP) is 2.86. The molecule has 120 valence electrons. The first-order chi connectivity index (χ1) is 10.5. The van der Waals surface area contributed by atoms with Crippen molar-refractivity contribution in [2.24, 2.45) is 0 Å². The van der Waals surface area contributed by atoms with E-state index in [0.717, 1.165) is 17.9 Å². The van der Waals surface area contributed by atoms with Gasteiger partial charge in [0.15, 0.2) is 11.6 Å². The molecule has 0 atom stereocenters. The molecule has 1 aromatic carbocycles. The maximum absolute atomic E-state index is 12.8. The number of benzene rings is 1. The van der Waals surface area contributed by atoms with Gasteiger partial charge in [0.05, 0.1) is 18.7 Å². The number of aliphatic hydroxyl groups excluding tert-OH is 1. The SMILES string of the molecule is CSCCc1nc(-c2cccc(C(F)(F)F)c2)n(CCO)n1. The van der Waals surface area contributed by atoms with Crippen molar-refractivity contribution < 1.29 is 18.3 Å². The number of aliphatic hydroxyl groups is 1. The molecule has 0 aliphatic carbocycles. The second-order valence-electron chi connectivity index (χ2n) is 4.62. The van der Waals surface area contributed by atoms with Crippen molar-refractivity contribution in [3.8, 4) is 11.4 Å². The fourth-order valence-corrected chi connectivity index (χ4v) is 2.37. The predicted molar refractivity (Wildman–Crippen MR) is 79.6 cm³/mol. The van der Waals surface area contributed by atoms with Crippen LogP contribution < -0.4 is 0 Å². The Bertz CT molecular complexity index is 628. The fraction of sp³-hybridized carbons (Fsp3) is 0.429. The third-order valence-corrected chi connectivity index (χ3v) is 3.62. The van der Waals surface area contributed by atoms with Gasteiger partial charge in [0.2, 0.25) is 0 Å². The van der Waals surface area contributed by atoms with Gasteiger partial charge in [-0.25, -0.2) is 9.67 Å². The molecule has 0 aliphatic heterocycles. The van der Waals surface area contributed by atoms with Crippen molar-refractivity contribution in [2.75, 3.05) is 18.6 Å². The van der Waals surface area contributed by atoms with Crippen LogP contribution in [-0.4, -0.2) is 38.5 Å². The highest BCUT2D eigenvalue weighted by molar-refractivity contribution is 7.98. The first-order valence-electron chi connectivity index (χ1n) is 6.67. The zero-order chi connectivity index (χ0) is 16.2. The number of hydrogen-bond acceptors (Lipinski definition) is 4. The first-order valence-corrected chi connectivity index (χ1v) is 8.06. The average Bonchev–Trinajstić information content (AvgIpc) is 2.88. The summed E-state index contributed by atoms with van der Waals surface area (Å²) in [4.78, 5) is 4.32. The monoisotopic (exact) mass is 331 g/mol. The molecule has 0 amide bonds. The highest BCUT2D eigenvalue weighted by Gasteiger charge is 2.30.